The molecule has 1 aliphatic rings. The normalized spacial score (nSPS) is 13.6. The summed E-state index contributed by atoms with van der Waals surface area (Å²) in [5.74, 6) is 0.373. The molecule has 1 N–H and O–H groups in total. The van der Waals surface area contributed by atoms with Crippen LogP contribution in [0.15, 0.2) is 14.6 Å². The number of hydrogen-bond donors (Lipinski definition) is 1. The van der Waals surface area contributed by atoms with Crippen LogP contribution in [0.5, 0.6) is 0 Å². The first-order chi connectivity index (χ1) is 8.60. The first-order valence-corrected chi connectivity index (χ1v) is 6.18. The van der Waals surface area contributed by atoms with E-state index in [9.17, 15) is 9.59 Å². The molecular weight excluding hydrogens is 258 g/mol. The molecule has 0 radical (unpaired) electrons. The van der Waals surface area contributed by atoms with Crippen LogP contribution < -0.4 is 11.2 Å². The maximum atomic E-state index is 12.1. The van der Waals surface area contributed by atoms with Crippen molar-refractivity contribution in [3.63, 3.8) is 0 Å². The van der Waals surface area contributed by atoms with Gasteiger partial charge in [-0.2, -0.15) is 0 Å². The van der Waals surface area contributed by atoms with Gasteiger partial charge in [0.2, 0.25) is 0 Å². The van der Waals surface area contributed by atoms with Crippen LogP contribution in [0.4, 0.5) is 5.82 Å². The second-order valence-corrected chi connectivity index (χ2v) is 4.46. The van der Waals surface area contributed by atoms with Crippen LogP contribution in [0.3, 0.4) is 0 Å². The van der Waals surface area contributed by atoms with Crippen LogP contribution >= 0.6 is 11.6 Å². The fraction of sp³-hybridized carbons (Fsp3) is 0.545. The second kappa shape index (κ2) is 5.07. The Kier molecular flexibility index (Phi) is 3.68. The van der Waals surface area contributed by atoms with Crippen LogP contribution in [0.1, 0.15) is 18.9 Å². The Morgan fingerprint density at radius 2 is 2.11 bits per heavy atom. The lowest BCUT2D eigenvalue weighted by Gasteiger charge is -2.11. The van der Waals surface area contributed by atoms with Crippen molar-refractivity contribution in [1.82, 2.24) is 9.13 Å². The van der Waals surface area contributed by atoms with Gasteiger partial charge in [-0.25, -0.2) is 9.79 Å². The largest absolute Gasteiger partial charge is 0.396 e. The van der Waals surface area contributed by atoms with Crippen molar-refractivity contribution in [3.8, 4) is 0 Å². The zero-order valence-electron chi connectivity index (χ0n) is 10.0. The minimum absolute atomic E-state index is 0.0631. The monoisotopic (exact) mass is 271 g/mol. The zero-order chi connectivity index (χ0) is 13.3. The Morgan fingerprint density at radius 3 is 2.72 bits per heavy atom. The lowest BCUT2D eigenvalue weighted by Crippen LogP contribution is -2.41. The highest BCUT2D eigenvalue weighted by Crippen LogP contribution is 2.23. The molecule has 0 spiro atoms. The first kappa shape index (κ1) is 13.0. The fourth-order valence-corrected chi connectivity index (χ4v) is 2.25. The summed E-state index contributed by atoms with van der Waals surface area (Å²) in [6.45, 7) is 2.38. The molecule has 1 aliphatic heterocycles. The molecule has 0 fully saturated rings. The van der Waals surface area contributed by atoms with Gasteiger partial charge in [0.15, 0.2) is 0 Å². The minimum Gasteiger partial charge on any atom is -0.396 e. The van der Waals surface area contributed by atoms with Gasteiger partial charge in [0.1, 0.15) is 11.0 Å². The summed E-state index contributed by atoms with van der Waals surface area (Å²) in [4.78, 5) is 28.3. The maximum Gasteiger partial charge on any atom is 0.332 e. The van der Waals surface area contributed by atoms with E-state index in [1.54, 1.807) is 0 Å². The predicted molar refractivity (Wildman–Crippen MR) is 69.0 cm³/mol. The predicted octanol–water partition coefficient (Wildman–Crippen LogP) is 0.237. The molecule has 98 valence electrons. The highest BCUT2D eigenvalue weighted by Gasteiger charge is 2.23. The van der Waals surface area contributed by atoms with Crippen molar-refractivity contribution in [2.24, 2.45) is 4.99 Å². The highest BCUT2D eigenvalue weighted by atomic mass is 35.5. The number of hydrogen-bond acceptors (Lipinski definition) is 4. The van der Waals surface area contributed by atoms with Gasteiger partial charge in [-0.1, -0.05) is 11.6 Å². The van der Waals surface area contributed by atoms with Gasteiger partial charge < -0.3 is 5.11 Å². The summed E-state index contributed by atoms with van der Waals surface area (Å²) in [6.07, 6.45) is 0.640. The molecule has 1 aromatic rings. The Balaban J connectivity index is 2.65. The van der Waals surface area contributed by atoms with E-state index in [1.165, 1.54) is 4.57 Å². The molecule has 0 aromatic carbocycles. The summed E-state index contributed by atoms with van der Waals surface area (Å²) in [5, 5.41) is 9.13. The molecular formula is C11H14ClN3O3. The number of aliphatic hydroxyl groups excluding tert-OH is 1. The molecule has 0 aliphatic carbocycles. The van der Waals surface area contributed by atoms with Gasteiger partial charge in [0, 0.05) is 26.1 Å². The first-order valence-electron chi connectivity index (χ1n) is 5.80. The average Bonchev–Trinajstić information content (AvgIpc) is 2.72. The van der Waals surface area contributed by atoms with Gasteiger partial charge in [-0.3, -0.25) is 13.9 Å². The second-order valence-electron chi connectivity index (χ2n) is 4.03. The van der Waals surface area contributed by atoms with Crippen LogP contribution in [-0.2, 0) is 19.5 Å². The van der Waals surface area contributed by atoms with Crippen molar-refractivity contribution in [2.45, 2.75) is 32.9 Å². The van der Waals surface area contributed by atoms with Gasteiger partial charge in [0.05, 0.1) is 5.56 Å². The van der Waals surface area contributed by atoms with Crippen LogP contribution in [0.2, 0.25) is 0 Å². The van der Waals surface area contributed by atoms with Crippen LogP contribution in [0.25, 0.3) is 0 Å². The standard InChI is InChI=1S/C11H14ClN3O3/c1-2-14-9-7(6-8(12)13-9)10(17)15(11(14)18)4-3-5-16/h16H,2-6H2,1H3. The van der Waals surface area contributed by atoms with Gasteiger partial charge in [-0.15, -0.1) is 0 Å². The molecule has 7 heteroatoms. The Hall–Kier alpha value is -1.40. The van der Waals surface area contributed by atoms with Crippen LogP contribution in [0, 0.1) is 0 Å². The Bertz CT molecular complexity index is 615. The molecule has 0 atom stereocenters. The third-order valence-electron chi connectivity index (χ3n) is 2.90. The molecule has 2 rings (SSSR count). The summed E-state index contributed by atoms with van der Waals surface area (Å²) in [5.41, 5.74) is -0.295. The van der Waals surface area contributed by atoms with Crippen molar-refractivity contribution in [2.75, 3.05) is 6.61 Å². The number of halogens is 1. The molecule has 0 bridgehead atoms. The lowest BCUT2D eigenvalue weighted by molar-refractivity contribution is 0.277. The summed E-state index contributed by atoms with van der Waals surface area (Å²) in [7, 11) is 0. The van der Waals surface area contributed by atoms with E-state index in [4.69, 9.17) is 16.7 Å². The van der Waals surface area contributed by atoms with E-state index in [-0.39, 0.29) is 25.1 Å². The summed E-state index contributed by atoms with van der Waals surface area (Å²) in [6, 6.07) is 0. The van der Waals surface area contributed by atoms with Crippen molar-refractivity contribution < 1.29 is 5.11 Å². The average molecular weight is 272 g/mol. The van der Waals surface area contributed by atoms with Gasteiger partial charge in [0.25, 0.3) is 5.56 Å². The van der Waals surface area contributed by atoms with Crippen molar-refractivity contribution >= 4 is 22.6 Å². The molecule has 18 heavy (non-hydrogen) atoms. The maximum absolute atomic E-state index is 12.1. The summed E-state index contributed by atoms with van der Waals surface area (Å²) < 4.78 is 2.58. The molecule has 1 aromatic heterocycles. The van der Waals surface area contributed by atoms with Gasteiger partial charge in [-0.05, 0) is 13.3 Å². The van der Waals surface area contributed by atoms with Gasteiger partial charge >= 0.3 is 5.69 Å². The number of aliphatic imine (C=N–C) groups is 1. The third-order valence-corrected chi connectivity index (χ3v) is 3.11. The fourth-order valence-electron chi connectivity index (χ4n) is 2.04. The number of rotatable bonds is 4. The minimum atomic E-state index is -0.398. The lowest BCUT2D eigenvalue weighted by atomic mass is 10.2. The Labute approximate surface area is 108 Å². The van der Waals surface area contributed by atoms with E-state index < -0.39 is 5.69 Å². The van der Waals surface area contributed by atoms with Crippen molar-refractivity contribution in [1.29, 1.82) is 0 Å². The molecule has 6 nitrogen and oxygen atoms in total. The number of aromatic nitrogens is 2. The number of nitrogens with zero attached hydrogens (tertiary/aromatic N) is 3. The highest BCUT2D eigenvalue weighted by molar-refractivity contribution is 6.66. The number of fused-ring (bicyclic) bond motifs is 1. The molecule has 0 saturated heterocycles. The van der Waals surface area contributed by atoms with E-state index in [2.05, 4.69) is 4.99 Å². The van der Waals surface area contributed by atoms with E-state index >= 15 is 0 Å². The number of aliphatic hydroxyl groups is 1. The third kappa shape index (κ3) is 2.02. The smallest absolute Gasteiger partial charge is 0.332 e. The molecule has 0 unspecified atom stereocenters. The summed E-state index contributed by atoms with van der Waals surface area (Å²) >= 11 is 5.83. The topological polar surface area (TPSA) is 76.6 Å². The molecule has 2 heterocycles. The zero-order valence-corrected chi connectivity index (χ0v) is 10.8. The quantitative estimate of drug-likeness (QED) is 0.852. The Morgan fingerprint density at radius 1 is 1.39 bits per heavy atom. The SMILES string of the molecule is CCn1c2c(c(=O)n(CCCO)c1=O)CC(Cl)=N2. The van der Waals surface area contributed by atoms with Crippen molar-refractivity contribution in [3.05, 3.63) is 26.4 Å². The molecule has 0 saturated carbocycles. The molecule has 0 amide bonds. The van der Waals surface area contributed by atoms with Crippen LogP contribution in [-0.4, -0.2) is 26.0 Å². The van der Waals surface area contributed by atoms with E-state index in [1.807, 2.05) is 6.92 Å². The van der Waals surface area contributed by atoms with E-state index in [0.29, 0.717) is 29.5 Å². The van der Waals surface area contributed by atoms with E-state index in [0.717, 1.165) is 4.57 Å².